The Morgan fingerprint density at radius 3 is 2.96 bits per heavy atom. The molecule has 2 heterocycles. The Kier molecular flexibility index (Phi) is 6.53. The van der Waals surface area contributed by atoms with Crippen molar-refractivity contribution < 1.29 is 9.53 Å². The summed E-state index contributed by atoms with van der Waals surface area (Å²) in [6, 6.07) is 9.90. The first-order valence-electron chi connectivity index (χ1n) is 7.37. The molecule has 2 aromatic rings. The van der Waals surface area contributed by atoms with E-state index in [0.29, 0.717) is 18.3 Å². The molecule has 1 saturated heterocycles. The molecule has 7 heteroatoms. The van der Waals surface area contributed by atoms with Crippen molar-refractivity contribution in [1.82, 2.24) is 10.3 Å². The maximum Gasteiger partial charge on any atom is 0.245 e. The van der Waals surface area contributed by atoms with E-state index < -0.39 is 0 Å². The van der Waals surface area contributed by atoms with E-state index in [4.69, 9.17) is 4.74 Å². The van der Waals surface area contributed by atoms with Crippen LogP contribution in [0.3, 0.4) is 0 Å². The number of anilines is 1. The van der Waals surface area contributed by atoms with E-state index >= 15 is 0 Å². The third kappa shape index (κ3) is 4.75. The lowest BCUT2D eigenvalue weighted by Gasteiger charge is -2.28. The fraction of sp³-hybridized carbons (Fsp3) is 0.375. The average molecular weight is 354 g/mol. The molecule has 1 aromatic heterocycles. The average Bonchev–Trinajstić information content (AvgIpc) is 2.95. The quantitative estimate of drug-likeness (QED) is 0.886. The number of aromatic nitrogens is 1. The molecule has 2 atom stereocenters. The molecule has 1 aromatic carbocycles. The first-order chi connectivity index (χ1) is 10.7. The molecular weight excluding hydrogens is 334 g/mol. The second kappa shape index (κ2) is 8.40. The number of amides is 1. The lowest BCUT2D eigenvalue weighted by Crippen LogP contribution is -2.53. The second-order valence-electron chi connectivity index (χ2n) is 5.29. The van der Waals surface area contributed by atoms with Gasteiger partial charge in [0.05, 0.1) is 12.7 Å². The van der Waals surface area contributed by atoms with E-state index in [1.165, 1.54) is 16.9 Å². The third-order valence-electron chi connectivity index (χ3n) is 3.60. The second-order valence-corrected chi connectivity index (χ2v) is 6.41. The van der Waals surface area contributed by atoms with Crippen LogP contribution in [0.15, 0.2) is 36.5 Å². The van der Waals surface area contributed by atoms with E-state index in [-0.39, 0.29) is 30.5 Å². The van der Waals surface area contributed by atoms with Crippen LogP contribution in [-0.2, 0) is 16.0 Å². The zero-order valence-electron chi connectivity index (χ0n) is 12.8. The number of hydrogen-bond acceptors (Lipinski definition) is 5. The van der Waals surface area contributed by atoms with Crippen LogP contribution in [0.1, 0.15) is 17.4 Å². The van der Waals surface area contributed by atoms with Crippen molar-refractivity contribution in [3.8, 4) is 0 Å². The zero-order chi connectivity index (χ0) is 15.4. The summed E-state index contributed by atoms with van der Waals surface area (Å²) in [5, 5.41) is 6.68. The number of benzene rings is 1. The van der Waals surface area contributed by atoms with E-state index in [9.17, 15) is 4.79 Å². The predicted octanol–water partition coefficient (Wildman–Crippen LogP) is 2.47. The van der Waals surface area contributed by atoms with Crippen molar-refractivity contribution >= 4 is 34.8 Å². The maximum atomic E-state index is 12.3. The van der Waals surface area contributed by atoms with E-state index in [0.717, 1.165) is 11.3 Å². The summed E-state index contributed by atoms with van der Waals surface area (Å²) in [4.78, 5) is 17.7. The fourth-order valence-electron chi connectivity index (χ4n) is 2.45. The normalized spacial score (nSPS) is 20.6. The Morgan fingerprint density at radius 2 is 2.22 bits per heavy atom. The Morgan fingerprint density at radius 1 is 1.43 bits per heavy atom. The molecule has 1 fully saturated rings. The molecule has 1 amide bonds. The van der Waals surface area contributed by atoms with Gasteiger partial charge in [-0.05, 0) is 12.5 Å². The van der Waals surface area contributed by atoms with E-state index in [1.54, 1.807) is 0 Å². The Hall–Kier alpha value is -1.47. The number of thiazole rings is 1. The molecule has 5 nitrogen and oxygen atoms in total. The number of rotatable bonds is 4. The molecular formula is C16H20ClN3O2S. The minimum Gasteiger partial charge on any atom is -0.375 e. The predicted molar refractivity (Wildman–Crippen MR) is 94.4 cm³/mol. The maximum absolute atomic E-state index is 12.3. The van der Waals surface area contributed by atoms with Crippen molar-refractivity contribution in [2.45, 2.75) is 25.5 Å². The molecule has 0 saturated carbocycles. The largest absolute Gasteiger partial charge is 0.375 e. The summed E-state index contributed by atoms with van der Waals surface area (Å²) in [5.74, 6) is -0.0900. The van der Waals surface area contributed by atoms with Crippen LogP contribution < -0.4 is 10.6 Å². The monoisotopic (exact) mass is 353 g/mol. The Bertz CT molecular complexity index is 635. The van der Waals surface area contributed by atoms with Crippen LogP contribution in [0.2, 0.25) is 0 Å². The zero-order valence-corrected chi connectivity index (χ0v) is 14.5. The van der Waals surface area contributed by atoms with Gasteiger partial charge in [-0.3, -0.25) is 4.79 Å². The summed E-state index contributed by atoms with van der Waals surface area (Å²) in [6.45, 7) is 3.24. The minimum atomic E-state index is -0.324. The number of carbonyl (C=O) groups is 1. The van der Waals surface area contributed by atoms with Crippen molar-refractivity contribution in [2.24, 2.45) is 0 Å². The highest BCUT2D eigenvalue weighted by Gasteiger charge is 2.28. The van der Waals surface area contributed by atoms with Gasteiger partial charge in [-0.15, -0.1) is 23.7 Å². The lowest BCUT2D eigenvalue weighted by atomic mass is 10.1. The van der Waals surface area contributed by atoms with Crippen LogP contribution in [0.5, 0.6) is 0 Å². The van der Waals surface area contributed by atoms with Crippen molar-refractivity contribution in [2.75, 3.05) is 18.5 Å². The van der Waals surface area contributed by atoms with Gasteiger partial charge in [0, 0.05) is 24.0 Å². The van der Waals surface area contributed by atoms with Gasteiger partial charge < -0.3 is 15.4 Å². The van der Waals surface area contributed by atoms with Gasteiger partial charge in [0.2, 0.25) is 5.91 Å². The number of hydrogen-bond donors (Lipinski definition) is 2. The third-order valence-corrected chi connectivity index (χ3v) is 4.52. The van der Waals surface area contributed by atoms with E-state index in [2.05, 4.69) is 27.8 Å². The van der Waals surface area contributed by atoms with Gasteiger partial charge in [0.1, 0.15) is 6.04 Å². The Balaban J connectivity index is 0.00000192. The smallest absolute Gasteiger partial charge is 0.245 e. The molecule has 1 aliphatic rings. The molecule has 2 N–H and O–H groups in total. The molecule has 0 radical (unpaired) electrons. The van der Waals surface area contributed by atoms with Gasteiger partial charge in [-0.2, -0.15) is 0 Å². The highest BCUT2D eigenvalue weighted by molar-refractivity contribution is 7.15. The van der Waals surface area contributed by atoms with Crippen molar-refractivity contribution in [3.63, 3.8) is 0 Å². The summed E-state index contributed by atoms with van der Waals surface area (Å²) in [7, 11) is 0. The van der Waals surface area contributed by atoms with Crippen LogP contribution in [0.25, 0.3) is 0 Å². The highest BCUT2D eigenvalue weighted by atomic mass is 35.5. The number of nitrogens with one attached hydrogen (secondary N) is 2. The first-order valence-corrected chi connectivity index (χ1v) is 8.18. The summed E-state index contributed by atoms with van der Waals surface area (Å²) >= 11 is 1.51. The number of carbonyl (C=O) groups excluding carboxylic acids is 1. The molecule has 124 valence electrons. The first kappa shape index (κ1) is 17.9. The standard InChI is InChI=1S/C16H19N3O2S.ClH/c1-11-14(17-7-8-21-11)15(20)19-16-18-10-13(22-16)9-12-5-3-2-4-6-12;/h2-6,10-11,14,17H,7-9H2,1H3,(H,18,19,20);1H/t11-,14+;/m1./s1. The number of ether oxygens (including phenoxy) is 1. The topological polar surface area (TPSA) is 63.2 Å². The molecule has 23 heavy (non-hydrogen) atoms. The van der Waals surface area contributed by atoms with Gasteiger partial charge in [-0.25, -0.2) is 4.98 Å². The van der Waals surface area contributed by atoms with Crippen LogP contribution >= 0.6 is 23.7 Å². The fourth-order valence-corrected chi connectivity index (χ4v) is 3.30. The van der Waals surface area contributed by atoms with Gasteiger partial charge in [-0.1, -0.05) is 30.3 Å². The van der Waals surface area contributed by atoms with Crippen molar-refractivity contribution in [3.05, 3.63) is 47.0 Å². The molecule has 0 spiro atoms. The molecule has 3 rings (SSSR count). The van der Waals surface area contributed by atoms with Crippen LogP contribution in [0.4, 0.5) is 5.13 Å². The minimum absolute atomic E-state index is 0. The lowest BCUT2D eigenvalue weighted by molar-refractivity contribution is -0.123. The van der Waals surface area contributed by atoms with Crippen molar-refractivity contribution in [1.29, 1.82) is 0 Å². The van der Waals surface area contributed by atoms with Gasteiger partial charge in [0.25, 0.3) is 0 Å². The molecule has 0 bridgehead atoms. The van der Waals surface area contributed by atoms with Gasteiger partial charge >= 0.3 is 0 Å². The summed E-state index contributed by atoms with van der Waals surface area (Å²) < 4.78 is 5.49. The molecule has 0 aliphatic carbocycles. The molecule has 1 aliphatic heterocycles. The SMILES string of the molecule is C[C@H]1OCCN[C@@H]1C(=O)Nc1ncc(Cc2ccccc2)s1.Cl. The number of nitrogens with zero attached hydrogens (tertiary/aromatic N) is 1. The molecule has 0 unspecified atom stereocenters. The summed E-state index contributed by atoms with van der Waals surface area (Å²) in [6.07, 6.45) is 2.52. The Labute approximate surface area is 145 Å². The van der Waals surface area contributed by atoms with Crippen LogP contribution in [0, 0.1) is 0 Å². The van der Waals surface area contributed by atoms with E-state index in [1.807, 2.05) is 31.3 Å². The summed E-state index contributed by atoms with van der Waals surface area (Å²) in [5.41, 5.74) is 1.24. The van der Waals surface area contributed by atoms with Gasteiger partial charge in [0.15, 0.2) is 5.13 Å². The highest BCUT2D eigenvalue weighted by Crippen LogP contribution is 2.21. The van der Waals surface area contributed by atoms with Crippen LogP contribution in [-0.4, -0.2) is 36.2 Å². The number of halogens is 1. The number of morpholine rings is 1.